The molecule has 1 aliphatic heterocycles. The number of hydrogen-bond donors (Lipinski definition) is 2. The van der Waals surface area contributed by atoms with Gasteiger partial charge in [-0.25, -0.2) is 0 Å². The molecule has 0 radical (unpaired) electrons. The number of halogens is 2. The Morgan fingerprint density at radius 1 is 1.52 bits per heavy atom. The minimum Gasteiger partial charge on any atom is -0.348 e. The highest BCUT2D eigenvalue weighted by atomic mass is 35.5. The van der Waals surface area contributed by atoms with Crippen LogP contribution in [0.2, 0.25) is 10.0 Å². The van der Waals surface area contributed by atoms with Gasteiger partial charge in [-0.3, -0.25) is 9.69 Å². The third-order valence-corrected chi connectivity index (χ3v) is 4.35. The number of benzene rings is 1. The summed E-state index contributed by atoms with van der Waals surface area (Å²) in [6.45, 7) is 7.21. The zero-order chi connectivity index (χ0) is 15.4. The minimum atomic E-state index is -0.138. The number of amides is 1. The lowest BCUT2D eigenvalue weighted by Crippen LogP contribution is -2.52. The zero-order valence-electron chi connectivity index (χ0n) is 12.3. The molecule has 1 fully saturated rings. The number of rotatable bonds is 4. The van der Waals surface area contributed by atoms with Crippen molar-refractivity contribution in [2.24, 2.45) is 0 Å². The van der Waals surface area contributed by atoms with Gasteiger partial charge in [0.05, 0.1) is 12.6 Å². The summed E-state index contributed by atoms with van der Waals surface area (Å²) < 4.78 is 0. The molecule has 6 heteroatoms. The number of nitrogens with zero attached hydrogens (tertiary/aromatic N) is 1. The van der Waals surface area contributed by atoms with Crippen LogP contribution in [-0.2, 0) is 4.79 Å². The standard InChI is InChI=1S/C15H21Cl2N3O/c1-10-8-18-5-6-20(10)9-15(21)19-11(2)13-4-3-12(16)7-14(13)17/h3-4,7,10-11,18H,5-6,8-9H2,1-2H3,(H,19,21)/t10-,11?/m0/s1. The van der Waals surface area contributed by atoms with E-state index in [0.29, 0.717) is 22.6 Å². The van der Waals surface area contributed by atoms with Crippen molar-refractivity contribution >= 4 is 29.1 Å². The summed E-state index contributed by atoms with van der Waals surface area (Å²) in [4.78, 5) is 14.4. The Kier molecular flexibility index (Phi) is 5.88. The van der Waals surface area contributed by atoms with Gasteiger partial charge < -0.3 is 10.6 Å². The van der Waals surface area contributed by atoms with Crippen LogP contribution < -0.4 is 10.6 Å². The molecule has 2 N–H and O–H groups in total. The van der Waals surface area contributed by atoms with Gasteiger partial charge in [-0.15, -0.1) is 0 Å². The average Bonchev–Trinajstić information content (AvgIpc) is 2.41. The third-order valence-electron chi connectivity index (χ3n) is 3.79. The molecule has 21 heavy (non-hydrogen) atoms. The van der Waals surface area contributed by atoms with Gasteiger partial charge in [-0.05, 0) is 31.5 Å². The lowest BCUT2D eigenvalue weighted by molar-refractivity contribution is -0.123. The molecule has 0 saturated carbocycles. The van der Waals surface area contributed by atoms with E-state index in [1.807, 2.05) is 13.0 Å². The second-order valence-corrected chi connectivity index (χ2v) is 6.32. The van der Waals surface area contributed by atoms with Gasteiger partial charge in [0.25, 0.3) is 0 Å². The van der Waals surface area contributed by atoms with Crippen molar-refractivity contribution in [3.05, 3.63) is 33.8 Å². The Balaban J connectivity index is 1.92. The van der Waals surface area contributed by atoms with Crippen LogP contribution in [-0.4, -0.2) is 43.0 Å². The van der Waals surface area contributed by atoms with E-state index in [0.717, 1.165) is 25.2 Å². The molecule has 1 aliphatic rings. The molecule has 2 rings (SSSR count). The summed E-state index contributed by atoms with van der Waals surface area (Å²) in [6.07, 6.45) is 0. The largest absolute Gasteiger partial charge is 0.348 e. The monoisotopic (exact) mass is 329 g/mol. The fraction of sp³-hybridized carbons (Fsp3) is 0.533. The average molecular weight is 330 g/mol. The van der Waals surface area contributed by atoms with Crippen LogP contribution in [0.1, 0.15) is 25.5 Å². The molecule has 1 heterocycles. The van der Waals surface area contributed by atoms with Gasteiger partial charge in [0.15, 0.2) is 0 Å². The van der Waals surface area contributed by atoms with Crippen molar-refractivity contribution in [3.63, 3.8) is 0 Å². The van der Waals surface area contributed by atoms with Gasteiger partial charge in [0.2, 0.25) is 5.91 Å². The highest BCUT2D eigenvalue weighted by Crippen LogP contribution is 2.26. The van der Waals surface area contributed by atoms with Crippen LogP contribution >= 0.6 is 23.2 Å². The maximum absolute atomic E-state index is 12.2. The molecule has 1 aromatic carbocycles. The first kappa shape index (κ1) is 16.6. The van der Waals surface area contributed by atoms with E-state index in [9.17, 15) is 4.79 Å². The molecular formula is C15H21Cl2N3O. The van der Waals surface area contributed by atoms with Gasteiger partial charge in [-0.2, -0.15) is 0 Å². The van der Waals surface area contributed by atoms with Crippen molar-refractivity contribution in [3.8, 4) is 0 Å². The first-order valence-corrected chi connectivity index (χ1v) is 7.92. The lowest BCUT2D eigenvalue weighted by Gasteiger charge is -2.33. The van der Waals surface area contributed by atoms with Crippen molar-refractivity contribution in [2.75, 3.05) is 26.2 Å². The summed E-state index contributed by atoms with van der Waals surface area (Å²) >= 11 is 12.1. The first-order chi connectivity index (χ1) is 9.97. The summed E-state index contributed by atoms with van der Waals surface area (Å²) in [5.74, 6) is 0.0160. The second-order valence-electron chi connectivity index (χ2n) is 5.48. The highest BCUT2D eigenvalue weighted by molar-refractivity contribution is 6.35. The number of nitrogens with one attached hydrogen (secondary N) is 2. The Hall–Kier alpha value is -0.810. The highest BCUT2D eigenvalue weighted by Gasteiger charge is 2.21. The van der Waals surface area contributed by atoms with Crippen LogP contribution in [0.5, 0.6) is 0 Å². The maximum atomic E-state index is 12.2. The topological polar surface area (TPSA) is 44.4 Å². The van der Waals surface area contributed by atoms with Crippen molar-refractivity contribution in [1.82, 2.24) is 15.5 Å². The number of piperazine rings is 1. The molecule has 1 saturated heterocycles. The molecule has 4 nitrogen and oxygen atoms in total. The van der Waals surface area contributed by atoms with Crippen LogP contribution in [0.15, 0.2) is 18.2 Å². The van der Waals surface area contributed by atoms with Crippen LogP contribution in [0.25, 0.3) is 0 Å². The summed E-state index contributed by atoms with van der Waals surface area (Å²) in [5.41, 5.74) is 0.878. The molecule has 2 atom stereocenters. The maximum Gasteiger partial charge on any atom is 0.234 e. The smallest absolute Gasteiger partial charge is 0.234 e. The summed E-state index contributed by atoms with van der Waals surface area (Å²) in [7, 11) is 0. The predicted molar refractivity (Wildman–Crippen MR) is 86.9 cm³/mol. The normalized spacial score (nSPS) is 21.0. The fourth-order valence-electron chi connectivity index (χ4n) is 2.52. The van der Waals surface area contributed by atoms with Crippen LogP contribution in [0.4, 0.5) is 0 Å². The molecule has 0 bridgehead atoms. The molecule has 1 unspecified atom stereocenters. The Bertz CT molecular complexity index is 510. The Labute approximate surface area is 135 Å². The minimum absolute atomic E-state index is 0.0160. The summed E-state index contributed by atoms with van der Waals surface area (Å²) in [5, 5.41) is 7.48. The van der Waals surface area contributed by atoms with E-state index < -0.39 is 0 Å². The van der Waals surface area contributed by atoms with Crippen molar-refractivity contribution in [1.29, 1.82) is 0 Å². The molecule has 0 aliphatic carbocycles. The molecule has 116 valence electrons. The Morgan fingerprint density at radius 2 is 2.29 bits per heavy atom. The third kappa shape index (κ3) is 4.58. The molecule has 0 spiro atoms. The van der Waals surface area contributed by atoms with E-state index in [1.165, 1.54) is 0 Å². The number of carbonyl (C=O) groups is 1. The van der Waals surface area contributed by atoms with E-state index in [4.69, 9.17) is 23.2 Å². The van der Waals surface area contributed by atoms with E-state index >= 15 is 0 Å². The quantitative estimate of drug-likeness (QED) is 0.891. The van der Waals surface area contributed by atoms with E-state index in [-0.39, 0.29) is 11.9 Å². The lowest BCUT2D eigenvalue weighted by atomic mass is 10.1. The van der Waals surface area contributed by atoms with Crippen LogP contribution in [0.3, 0.4) is 0 Å². The summed E-state index contributed by atoms with van der Waals surface area (Å²) in [6, 6.07) is 5.56. The van der Waals surface area contributed by atoms with Crippen molar-refractivity contribution in [2.45, 2.75) is 25.9 Å². The fourth-order valence-corrected chi connectivity index (χ4v) is 3.09. The predicted octanol–water partition coefficient (Wildman–Crippen LogP) is 2.46. The van der Waals surface area contributed by atoms with Gasteiger partial charge in [0.1, 0.15) is 0 Å². The number of hydrogen-bond acceptors (Lipinski definition) is 3. The second kappa shape index (κ2) is 7.45. The Morgan fingerprint density at radius 3 is 2.95 bits per heavy atom. The van der Waals surface area contributed by atoms with Gasteiger partial charge in [-0.1, -0.05) is 29.3 Å². The molecule has 1 aromatic rings. The van der Waals surface area contributed by atoms with Crippen LogP contribution in [0, 0.1) is 0 Å². The SMILES string of the molecule is CC(NC(=O)CN1CCNC[C@@H]1C)c1ccc(Cl)cc1Cl. The zero-order valence-corrected chi connectivity index (χ0v) is 13.8. The van der Waals surface area contributed by atoms with Gasteiger partial charge in [0, 0.05) is 35.7 Å². The number of carbonyl (C=O) groups excluding carboxylic acids is 1. The van der Waals surface area contributed by atoms with E-state index in [1.54, 1.807) is 12.1 Å². The molecule has 0 aromatic heterocycles. The van der Waals surface area contributed by atoms with E-state index in [2.05, 4.69) is 22.5 Å². The first-order valence-electron chi connectivity index (χ1n) is 7.16. The van der Waals surface area contributed by atoms with Crippen molar-refractivity contribution < 1.29 is 4.79 Å². The van der Waals surface area contributed by atoms with Gasteiger partial charge >= 0.3 is 0 Å². The molecule has 1 amide bonds. The molecular weight excluding hydrogens is 309 g/mol.